The van der Waals surface area contributed by atoms with Gasteiger partial charge in [-0.3, -0.25) is 4.79 Å². The summed E-state index contributed by atoms with van der Waals surface area (Å²) in [4.78, 5) is 18.1. The van der Waals surface area contributed by atoms with Crippen LogP contribution < -0.4 is 10.2 Å². The molecule has 3 rings (SSSR count). The van der Waals surface area contributed by atoms with E-state index in [1.807, 2.05) is 19.2 Å². The van der Waals surface area contributed by atoms with E-state index in [-0.39, 0.29) is 6.10 Å². The predicted molar refractivity (Wildman–Crippen MR) is 95.8 cm³/mol. The Morgan fingerprint density at radius 1 is 1.29 bits per heavy atom. The number of anilines is 1. The van der Waals surface area contributed by atoms with Gasteiger partial charge >= 0.3 is 0 Å². The molecular weight excluding hydrogens is 302 g/mol. The summed E-state index contributed by atoms with van der Waals surface area (Å²) in [6.07, 6.45) is 10.5. The summed E-state index contributed by atoms with van der Waals surface area (Å²) >= 11 is 0. The lowest BCUT2D eigenvalue weighted by Crippen LogP contribution is -2.56. The molecular formula is C19H29N3O2. The van der Waals surface area contributed by atoms with Crippen LogP contribution in [0.25, 0.3) is 0 Å². The highest BCUT2D eigenvalue weighted by Crippen LogP contribution is 2.25. The summed E-state index contributed by atoms with van der Waals surface area (Å²) < 4.78 is 5.77. The van der Waals surface area contributed by atoms with E-state index in [0.717, 1.165) is 37.2 Å². The van der Waals surface area contributed by atoms with Gasteiger partial charge in [-0.05, 0) is 37.8 Å². The maximum Gasteiger partial charge on any atom is 0.153 e. The largest absolute Gasteiger partial charge is 0.378 e. The van der Waals surface area contributed by atoms with Crippen LogP contribution in [0.3, 0.4) is 0 Å². The van der Waals surface area contributed by atoms with Crippen molar-refractivity contribution in [1.82, 2.24) is 10.3 Å². The van der Waals surface area contributed by atoms with Crippen LogP contribution in [0.2, 0.25) is 0 Å². The molecule has 1 aliphatic carbocycles. The Balaban J connectivity index is 1.67. The van der Waals surface area contributed by atoms with Crippen LogP contribution in [0.4, 0.5) is 5.82 Å². The van der Waals surface area contributed by atoms with E-state index in [0.29, 0.717) is 17.6 Å². The molecule has 1 saturated carbocycles. The second-order valence-corrected chi connectivity index (χ2v) is 7.16. The van der Waals surface area contributed by atoms with E-state index < -0.39 is 0 Å². The summed E-state index contributed by atoms with van der Waals surface area (Å²) in [6.45, 7) is 3.64. The third-order valence-electron chi connectivity index (χ3n) is 5.38. The quantitative estimate of drug-likeness (QED) is 0.841. The number of aldehydes is 1. The molecule has 0 spiro atoms. The zero-order chi connectivity index (χ0) is 16.9. The molecule has 24 heavy (non-hydrogen) atoms. The first-order chi connectivity index (χ1) is 11.7. The van der Waals surface area contributed by atoms with Crippen LogP contribution in [0, 0.1) is 6.92 Å². The van der Waals surface area contributed by atoms with Crippen molar-refractivity contribution in [3.63, 3.8) is 0 Å². The second kappa shape index (κ2) is 8.08. The van der Waals surface area contributed by atoms with E-state index in [1.54, 1.807) is 7.11 Å². The number of nitrogens with zero attached hydrogens (tertiary/aromatic N) is 2. The molecule has 0 aromatic carbocycles. The zero-order valence-electron chi connectivity index (χ0n) is 14.8. The van der Waals surface area contributed by atoms with Crippen LogP contribution in [-0.4, -0.2) is 49.7 Å². The molecule has 2 fully saturated rings. The molecule has 0 bridgehead atoms. The van der Waals surface area contributed by atoms with Gasteiger partial charge in [-0.15, -0.1) is 0 Å². The smallest absolute Gasteiger partial charge is 0.153 e. The molecule has 5 nitrogen and oxygen atoms in total. The standard InChI is InChI=1S/C19H29N3O2/c1-14-10-15(13-23)19(20-11-14)22-9-8-17(18(12-22)24-2)21-16-6-4-3-5-7-16/h10-11,13,16-18,21H,3-9,12H2,1-2H3. The van der Waals surface area contributed by atoms with Gasteiger partial charge in [0.15, 0.2) is 6.29 Å². The number of ether oxygens (including phenoxy) is 1. The minimum absolute atomic E-state index is 0.128. The second-order valence-electron chi connectivity index (χ2n) is 7.16. The molecule has 2 heterocycles. The van der Waals surface area contributed by atoms with E-state index in [1.165, 1.54) is 32.1 Å². The first kappa shape index (κ1) is 17.4. The number of carbonyl (C=O) groups excluding carboxylic acids is 1. The monoisotopic (exact) mass is 331 g/mol. The van der Waals surface area contributed by atoms with Gasteiger partial charge in [0.05, 0.1) is 11.7 Å². The van der Waals surface area contributed by atoms with Gasteiger partial charge in [-0.2, -0.15) is 0 Å². The van der Waals surface area contributed by atoms with Gasteiger partial charge in [0.25, 0.3) is 0 Å². The number of methoxy groups -OCH3 is 1. The maximum atomic E-state index is 11.4. The molecule has 1 aromatic heterocycles. The van der Waals surface area contributed by atoms with E-state index in [9.17, 15) is 4.79 Å². The lowest BCUT2D eigenvalue weighted by molar-refractivity contribution is 0.0533. The van der Waals surface area contributed by atoms with Crippen molar-refractivity contribution in [2.45, 2.75) is 63.6 Å². The van der Waals surface area contributed by atoms with Gasteiger partial charge < -0.3 is 15.0 Å². The van der Waals surface area contributed by atoms with Crippen LogP contribution >= 0.6 is 0 Å². The average molecular weight is 331 g/mol. The van der Waals surface area contributed by atoms with E-state index in [4.69, 9.17) is 4.74 Å². The van der Waals surface area contributed by atoms with Crippen molar-refractivity contribution in [2.24, 2.45) is 0 Å². The van der Waals surface area contributed by atoms with Gasteiger partial charge in [0.1, 0.15) is 5.82 Å². The topological polar surface area (TPSA) is 54.5 Å². The summed E-state index contributed by atoms with van der Waals surface area (Å²) in [7, 11) is 1.78. The van der Waals surface area contributed by atoms with Crippen molar-refractivity contribution in [1.29, 1.82) is 0 Å². The highest BCUT2D eigenvalue weighted by molar-refractivity contribution is 5.83. The van der Waals surface area contributed by atoms with Crippen LogP contribution in [-0.2, 0) is 4.74 Å². The van der Waals surface area contributed by atoms with Crippen molar-refractivity contribution in [2.75, 3.05) is 25.1 Å². The van der Waals surface area contributed by atoms with Crippen LogP contribution in [0.5, 0.6) is 0 Å². The Morgan fingerprint density at radius 2 is 2.08 bits per heavy atom. The Morgan fingerprint density at radius 3 is 2.79 bits per heavy atom. The molecule has 1 aromatic rings. The minimum Gasteiger partial charge on any atom is -0.378 e. The minimum atomic E-state index is 0.128. The van der Waals surface area contributed by atoms with Crippen molar-refractivity contribution < 1.29 is 9.53 Å². The molecule has 1 aliphatic heterocycles. The van der Waals surface area contributed by atoms with Crippen LogP contribution in [0.1, 0.15) is 54.4 Å². The lowest BCUT2D eigenvalue weighted by Gasteiger charge is -2.41. The molecule has 0 amide bonds. The number of rotatable bonds is 5. The molecule has 2 unspecified atom stereocenters. The van der Waals surface area contributed by atoms with Gasteiger partial charge in [-0.1, -0.05) is 19.3 Å². The Bertz CT molecular complexity index is 558. The number of aryl methyl sites for hydroxylation is 1. The van der Waals surface area contributed by atoms with E-state index >= 15 is 0 Å². The molecule has 2 aliphatic rings. The lowest BCUT2D eigenvalue weighted by atomic mass is 9.92. The molecule has 1 saturated heterocycles. The maximum absolute atomic E-state index is 11.4. The fourth-order valence-corrected chi connectivity index (χ4v) is 4.05. The third-order valence-corrected chi connectivity index (χ3v) is 5.38. The number of piperidine rings is 1. The molecule has 2 atom stereocenters. The molecule has 0 radical (unpaired) electrons. The van der Waals surface area contributed by atoms with Gasteiger partial charge in [0.2, 0.25) is 0 Å². The third kappa shape index (κ3) is 3.95. The average Bonchev–Trinajstić information content (AvgIpc) is 2.63. The Kier molecular flexibility index (Phi) is 5.85. The number of carbonyl (C=O) groups is 1. The van der Waals surface area contributed by atoms with Crippen molar-refractivity contribution in [3.8, 4) is 0 Å². The molecule has 5 heteroatoms. The number of aromatic nitrogens is 1. The van der Waals surface area contributed by atoms with Crippen LogP contribution in [0.15, 0.2) is 12.3 Å². The first-order valence-corrected chi connectivity index (χ1v) is 9.17. The molecule has 1 N–H and O–H groups in total. The van der Waals surface area contributed by atoms with Gasteiger partial charge in [-0.25, -0.2) is 4.98 Å². The Hall–Kier alpha value is -1.46. The first-order valence-electron chi connectivity index (χ1n) is 9.17. The number of hydrogen-bond donors (Lipinski definition) is 1. The predicted octanol–water partition coefficient (Wildman–Crippen LogP) is 2.72. The summed E-state index contributed by atoms with van der Waals surface area (Å²) in [5.41, 5.74) is 1.68. The number of nitrogens with one attached hydrogen (secondary N) is 1. The zero-order valence-corrected chi connectivity index (χ0v) is 14.8. The van der Waals surface area contributed by atoms with Gasteiger partial charge in [0, 0.05) is 38.5 Å². The summed E-state index contributed by atoms with van der Waals surface area (Å²) in [6, 6.07) is 2.93. The number of pyridine rings is 1. The number of hydrogen-bond acceptors (Lipinski definition) is 5. The molecule has 132 valence electrons. The van der Waals surface area contributed by atoms with Crippen molar-refractivity contribution in [3.05, 3.63) is 23.4 Å². The fraction of sp³-hybridized carbons (Fsp3) is 0.684. The Labute approximate surface area is 144 Å². The highest BCUT2D eigenvalue weighted by atomic mass is 16.5. The van der Waals surface area contributed by atoms with E-state index in [2.05, 4.69) is 15.2 Å². The SMILES string of the molecule is COC1CN(c2ncc(C)cc2C=O)CCC1NC1CCCCC1. The summed E-state index contributed by atoms with van der Waals surface area (Å²) in [5.74, 6) is 0.786. The summed E-state index contributed by atoms with van der Waals surface area (Å²) in [5, 5.41) is 3.83. The highest BCUT2D eigenvalue weighted by Gasteiger charge is 2.32. The normalized spacial score (nSPS) is 25.7. The van der Waals surface area contributed by atoms with Crippen molar-refractivity contribution >= 4 is 12.1 Å². The fourth-order valence-electron chi connectivity index (χ4n) is 4.05.